The maximum absolute atomic E-state index is 6.09. The second-order valence-corrected chi connectivity index (χ2v) is 5.69. The summed E-state index contributed by atoms with van der Waals surface area (Å²) in [6, 6.07) is 13.7. The predicted octanol–water partition coefficient (Wildman–Crippen LogP) is 5.21. The Morgan fingerprint density at radius 3 is 2.62 bits per heavy atom. The van der Waals surface area contributed by atoms with E-state index in [1.807, 2.05) is 0 Å². The molecule has 0 fully saturated rings. The molecule has 0 radical (unpaired) electrons. The van der Waals surface area contributed by atoms with E-state index < -0.39 is 0 Å². The molecule has 0 aliphatic carbocycles. The lowest BCUT2D eigenvalue weighted by molar-refractivity contribution is 0.324. The fraction of sp³-hybridized carbons (Fsp3) is 0.294. The number of benzene rings is 2. The van der Waals surface area contributed by atoms with Gasteiger partial charge in [-0.2, -0.15) is 0 Å². The Kier molecular flexibility index (Phi) is 5.77. The molecule has 0 aromatic heterocycles. The molecule has 4 heteroatoms. The summed E-state index contributed by atoms with van der Waals surface area (Å²) in [5.41, 5.74) is 2.46. The van der Waals surface area contributed by atoms with Crippen molar-refractivity contribution in [3.63, 3.8) is 0 Å². The van der Waals surface area contributed by atoms with E-state index in [1.165, 1.54) is 11.3 Å². The zero-order valence-electron chi connectivity index (χ0n) is 12.3. The van der Waals surface area contributed by atoms with Crippen molar-refractivity contribution >= 4 is 28.9 Å². The maximum atomic E-state index is 6.09. The van der Waals surface area contributed by atoms with Crippen LogP contribution in [-0.4, -0.2) is 19.7 Å². The van der Waals surface area contributed by atoms with Gasteiger partial charge in [0.2, 0.25) is 0 Å². The number of halogens is 2. The van der Waals surface area contributed by atoms with Gasteiger partial charge in [-0.15, -0.1) is 0 Å². The first-order valence-electron chi connectivity index (χ1n) is 6.99. The van der Waals surface area contributed by atoms with E-state index in [0.717, 1.165) is 13.1 Å². The summed E-state index contributed by atoms with van der Waals surface area (Å²) < 4.78 is 5.74. The number of ether oxygens (including phenoxy) is 1. The van der Waals surface area contributed by atoms with Crippen LogP contribution in [0.1, 0.15) is 12.5 Å². The molecule has 0 atom stereocenters. The van der Waals surface area contributed by atoms with Crippen molar-refractivity contribution in [2.45, 2.75) is 13.8 Å². The summed E-state index contributed by atoms with van der Waals surface area (Å²) in [5, 5.41) is 1.21. The maximum Gasteiger partial charge on any atom is 0.139 e. The van der Waals surface area contributed by atoms with Crippen LogP contribution in [0.2, 0.25) is 10.0 Å². The summed E-state index contributed by atoms with van der Waals surface area (Å²) in [6.07, 6.45) is 0. The Balaban J connectivity index is 1.96. The number of likely N-dealkylation sites (N-methyl/N-ethyl adjacent to an activating group) is 1. The molecule has 0 N–H and O–H groups in total. The molecule has 0 saturated heterocycles. The second kappa shape index (κ2) is 7.58. The molecular weight excluding hydrogens is 305 g/mol. The quantitative estimate of drug-likeness (QED) is 0.723. The highest BCUT2D eigenvalue weighted by Gasteiger charge is 2.06. The third-order valence-electron chi connectivity index (χ3n) is 3.26. The number of anilines is 1. The van der Waals surface area contributed by atoms with Gasteiger partial charge < -0.3 is 9.64 Å². The van der Waals surface area contributed by atoms with Crippen LogP contribution < -0.4 is 9.64 Å². The highest BCUT2D eigenvalue weighted by Crippen LogP contribution is 2.27. The van der Waals surface area contributed by atoms with E-state index in [1.54, 1.807) is 18.2 Å². The molecule has 2 nitrogen and oxygen atoms in total. The minimum Gasteiger partial charge on any atom is -0.490 e. The largest absolute Gasteiger partial charge is 0.490 e. The molecule has 0 heterocycles. The monoisotopic (exact) mass is 323 g/mol. The number of nitrogens with zero attached hydrogens (tertiary/aromatic N) is 1. The van der Waals surface area contributed by atoms with Crippen LogP contribution in [0.3, 0.4) is 0 Å². The Morgan fingerprint density at radius 2 is 1.90 bits per heavy atom. The Hall–Kier alpha value is -1.38. The summed E-state index contributed by atoms with van der Waals surface area (Å²) >= 11 is 12.0. The van der Waals surface area contributed by atoms with Crippen LogP contribution in [0.4, 0.5) is 5.69 Å². The molecule has 0 aliphatic heterocycles. The molecule has 0 saturated carbocycles. The first kappa shape index (κ1) is 16.0. The van der Waals surface area contributed by atoms with E-state index in [2.05, 4.69) is 43.0 Å². The van der Waals surface area contributed by atoms with Crippen molar-refractivity contribution in [1.29, 1.82) is 0 Å². The van der Waals surface area contributed by atoms with Crippen molar-refractivity contribution in [3.8, 4) is 5.75 Å². The van der Waals surface area contributed by atoms with Gasteiger partial charge in [0.25, 0.3) is 0 Å². The lowest BCUT2D eigenvalue weighted by atomic mass is 10.2. The number of rotatable bonds is 6. The van der Waals surface area contributed by atoms with Gasteiger partial charge in [-0.25, -0.2) is 0 Å². The molecule has 0 aliphatic rings. The Bertz CT molecular complexity index is 601. The molecule has 2 rings (SSSR count). The average molecular weight is 324 g/mol. The van der Waals surface area contributed by atoms with Gasteiger partial charge in [-0.3, -0.25) is 0 Å². The van der Waals surface area contributed by atoms with Gasteiger partial charge in [0, 0.05) is 23.3 Å². The van der Waals surface area contributed by atoms with Crippen LogP contribution in [-0.2, 0) is 0 Å². The summed E-state index contributed by atoms with van der Waals surface area (Å²) in [7, 11) is 0. The number of hydrogen-bond acceptors (Lipinski definition) is 2. The standard InChI is InChI=1S/C17H19Cl2NO/c1-3-20(15-6-4-5-13(2)11-15)9-10-21-17-12-14(18)7-8-16(17)19/h4-8,11-12H,3,9-10H2,1-2H3. The molecule has 0 unspecified atom stereocenters. The van der Waals surface area contributed by atoms with Crippen molar-refractivity contribution in [2.24, 2.45) is 0 Å². The molecular formula is C17H19Cl2NO. The van der Waals surface area contributed by atoms with Crippen molar-refractivity contribution in [3.05, 3.63) is 58.1 Å². The highest BCUT2D eigenvalue weighted by molar-refractivity contribution is 6.34. The number of hydrogen-bond donors (Lipinski definition) is 0. The highest BCUT2D eigenvalue weighted by atomic mass is 35.5. The molecule has 0 spiro atoms. The smallest absolute Gasteiger partial charge is 0.139 e. The summed E-state index contributed by atoms with van der Waals surface area (Å²) in [6.45, 7) is 6.51. The van der Waals surface area contributed by atoms with Crippen LogP contribution in [0, 0.1) is 6.92 Å². The minimum absolute atomic E-state index is 0.557. The van der Waals surface area contributed by atoms with Gasteiger partial charge in [0.05, 0.1) is 11.6 Å². The molecule has 112 valence electrons. The normalized spacial score (nSPS) is 10.5. The lowest BCUT2D eigenvalue weighted by Crippen LogP contribution is -2.28. The van der Waals surface area contributed by atoms with Gasteiger partial charge in [-0.05, 0) is 43.7 Å². The summed E-state index contributed by atoms with van der Waals surface area (Å²) in [4.78, 5) is 2.27. The van der Waals surface area contributed by atoms with Crippen LogP contribution in [0.15, 0.2) is 42.5 Å². The van der Waals surface area contributed by atoms with Crippen molar-refractivity contribution in [1.82, 2.24) is 0 Å². The Morgan fingerprint density at radius 1 is 1.10 bits per heavy atom. The van der Waals surface area contributed by atoms with E-state index in [0.29, 0.717) is 22.4 Å². The molecule has 0 amide bonds. The van der Waals surface area contributed by atoms with Gasteiger partial charge >= 0.3 is 0 Å². The average Bonchev–Trinajstić information content (AvgIpc) is 2.47. The fourth-order valence-corrected chi connectivity index (χ4v) is 2.48. The number of aryl methyl sites for hydroxylation is 1. The van der Waals surface area contributed by atoms with Crippen molar-refractivity contribution < 1.29 is 4.74 Å². The minimum atomic E-state index is 0.557. The van der Waals surface area contributed by atoms with Gasteiger partial charge in [-0.1, -0.05) is 35.3 Å². The van der Waals surface area contributed by atoms with E-state index >= 15 is 0 Å². The SMILES string of the molecule is CCN(CCOc1cc(Cl)ccc1Cl)c1cccc(C)c1. The van der Waals surface area contributed by atoms with E-state index in [9.17, 15) is 0 Å². The Labute approximate surface area is 136 Å². The van der Waals surface area contributed by atoms with Crippen LogP contribution >= 0.6 is 23.2 Å². The summed E-state index contributed by atoms with van der Waals surface area (Å²) in [5.74, 6) is 0.629. The lowest BCUT2D eigenvalue weighted by Gasteiger charge is -2.23. The first-order chi connectivity index (χ1) is 10.1. The molecule has 2 aromatic carbocycles. The zero-order valence-corrected chi connectivity index (χ0v) is 13.8. The predicted molar refractivity (Wildman–Crippen MR) is 91.0 cm³/mol. The topological polar surface area (TPSA) is 12.5 Å². The fourth-order valence-electron chi connectivity index (χ4n) is 2.15. The van der Waals surface area contributed by atoms with Crippen molar-refractivity contribution in [2.75, 3.05) is 24.6 Å². The molecule has 0 bridgehead atoms. The second-order valence-electron chi connectivity index (χ2n) is 4.84. The first-order valence-corrected chi connectivity index (χ1v) is 7.75. The van der Waals surface area contributed by atoms with Gasteiger partial charge in [0.15, 0.2) is 0 Å². The third kappa shape index (κ3) is 4.55. The zero-order chi connectivity index (χ0) is 15.2. The van der Waals surface area contributed by atoms with E-state index in [4.69, 9.17) is 27.9 Å². The van der Waals surface area contributed by atoms with E-state index in [-0.39, 0.29) is 0 Å². The molecule has 2 aromatic rings. The van der Waals surface area contributed by atoms with Gasteiger partial charge in [0.1, 0.15) is 12.4 Å². The third-order valence-corrected chi connectivity index (χ3v) is 3.81. The van der Waals surface area contributed by atoms with Crippen LogP contribution in [0.5, 0.6) is 5.75 Å². The molecule has 21 heavy (non-hydrogen) atoms. The van der Waals surface area contributed by atoms with Crippen LogP contribution in [0.25, 0.3) is 0 Å².